The van der Waals surface area contributed by atoms with E-state index < -0.39 is 11.9 Å². The van der Waals surface area contributed by atoms with Crippen molar-refractivity contribution in [2.45, 2.75) is 0 Å². The van der Waals surface area contributed by atoms with E-state index in [0.717, 1.165) is 6.08 Å². The van der Waals surface area contributed by atoms with Crippen LogP contribution in [0.25, 0.3) is 0 Å². The first kappa shape index (κ1) is 19.6. The Morgan fingerprint density at radius 1 is 1.04 bits per heavy atom. The average Bonchev–Trinajstić information content (AvgIpc) is 2.62. The predicted octanol–water partition coefficient (Wildman–Crippen LogP) is 4.43. The van der Waals surface area contributed by atoms with Crippen molar-refractivity contribution in [3.05, 3.63) is 64.3 Å². The number of esters is 2. The Morgan fingerprint density at radius 2 is 1.81 bits per heavy atom. The maximum Gasteiger partial charge on any atom is 0.354 e. The van der Waals surface area contributed by atoms with Crippen LogP contribution in [0, 0.1) is 0 Å². The molecule has 0 radical (unpaired) electrons. The molecule has 2 aromatic rings. The molecule has 0 heterocycles. The predicted molar refractivity (Wildman–Crippen MR) is 98.7 cm³/mol. The summed E-state index contributed by atoms with van der Waals surface area (Å²) in [6.45, 7) is 0. The largest absolute Gasteiger partial charge is 0.466 e. The first-order valence-corrected chi connectivity index (χ1v) is 8.06. The first-order valence-electron chi connectivity index (χ1n) is 7.31. The molecule has 0 fully saturated rings. The number of methoxy groups -OCH3 is 2. The minimum Gasteiger partial charge on any atom is -0.466 e. The molecule has 2 rings (SSSR count). The molecule has 1 N–H and O–H groups in total. The zero-order valence-electron chi connectivity index (χ0n) is 13.9. The number of ether oxygens (including phenoxy) is 3. The van der Waals surface area contributed by atoms with Gasteiger partial charge in [0, 0.05) is 10.7 Å². The summed E-state index contributed by atoms with van der Waals surface area (Å²) >= 11 is 12.1. The summed E-state index contributed by atoms with van der Waals surface area (Å²) in [4.78, 5) is 23.1. The lowest BCUT2D eigenvalue weighted by Gasteiger charge is -2.12. The highest BCUT2D eigenvalue weighted by Gasteiger charge is 2.14. The van der Waals surface area contributed by atoms with Gasteiger partial charge in [0.15, 0.2) is 0 Å². The highest BCUT2D eigenvalue weighted by Crippen LogP contribution is 2.32. The van der Waals surface area contributed by atoms with Crippen LogP contribution in [0.5, 0.6) is 11.5 Å². The molecule has 0 atom stereocenters. The zero-order valence-corrected chi connectivity index (χ0v) is 15.4. The molecule has 2 aromatic carbocycles. The molecule has 0 aliphatic heterocycles. The Balaban J connectivity index is 2.21. The van der Waals surface area contributed by atoms with Gasteiger partial charge in [0.2, 0.25) is 0 Å². The van der Waals surface area contributed by atoms with Crippen LogP contribution in [0.3, 0.4) is 0 Å². The van der Waals surface area contributed by atoms with E-state index in [1.165, 1.54) is 20.3 Å². The smallest absolute Gasteiger partial charge is 0.354 e. The number of hydrogen-bond acceptors (Lipinski definition) is 6. The van der Waals surface area contributed by atoms with E-state index in [2.05, 4.69) is 14.8 Å². The van der Waals surface area contributed by atoms with Gasteiger partial charge in [-0.15, -0.1) is 0 Å². The van der Waals surface area contributed by atoms with Gasteiger partial charge in [0.1, 0.15) is 17.2 Å². The van der Waals surface area contributed by atoms with Gasteiger partial charge in [-0.2, -0.15) is 0 Å². The van der Waals surface area contributed by atoms with Gasteiger partial charge in [-0.05, 0) is 36.4 Å². The number of benzene rings is 2. The molecule has 0 spiro atoms. The molecule has 0 bridgehead atoms. The lowest BCUT2D eigenvalue weighted by atomic mass is 10.2. The summed E-state index contributed by atoms with van der Waals surface area (Å²) in [6.07, 6.45) is 0.982. The third-order valence-electron chi connectivity index (χ3n) is 3.10. The van der Waals surface area contributed by atoms with Crippen molar-refractivity contribution in [2.24, 2.45) is 0 Å². The van der Waals surface area contributed by atoms with E-state index in [1.54, 1.807) is 36.4 Å². The normalized spacial score (nSPS) is 10.8. The van der Waals surface area contributed by atoms with Crippen molar-refractivity contribution >= 4 is 40.8 Å². The molecule has 0 unspecified atom stereocenters. The quantitative estimate of drug-likeness (QED) is 0.575. The lowest BCUT2D eigenvalue weighted by Crippen LogP contribution is -2.15. The van der Waals surface area contributed by atoms with Crippen molar-refractivity contribution < 1.29 is 23.8 Å². The van der Waals surface area contributed by atoms with Crippen molar-refractivity contribution in [1.29, 1.82) is 0 Å². The molecular formula is C18H15Cl2NO5. The molecule has 26 heavy (non-hydrogen) atoms. The van der Waals surface area contributed by atoms with Crippen molar-refractivity contribution in [3.63, 3.8) is 0 Å². The standard InChI is InChI=1S/C18H15Cl2NO5/c1-24-17(22)10-15(18(23)25-2)21-12-6-7-16(14(20)9-12)26-13-5-3-4-11(19)8-13/h3-10,21H,1-2H3/b15-10+. The fourth-order valence-electron chi connectivity index (χ4n) is 1.91. The van der Waals surface area contributed by atoms with E-state index in [1.807, 2.05) is 0 Å². The fraction of sp³-hybridized carbons (Fsp3) is 0.111. The van der Waals surface area contributed by atoms with E-state index in [4.69, 9.17) is 27.9 Å². The first-order chi connectivity index (χ1) is 12.4. The molecule has 8 heteroatoms. The molecule has 0 saturated carbocycles. The minimum atomic E-state index is -0.731. The highest BCUT2D eigenvalue weighted by molar-refractivity contribution is 6.32. The molecular weight excluding hydrogens is 381 g/mol. The molecule has 0 aromatic heterocycles. The molecule has 0 amide bonds. The summed E-state index contributed by atoms with van der Waals surface area (Å²) in [5, 5.41) is 3.58. The van der Waals surface area contributed by atoms with E-state index in [9.17, 15) is 9.59 Å². The van der Waals surface area contributed by atoms with Crippen molar-refractivity contribution in [2.75, 3.05) is 19.5 Å². The molecule has 6 nitrogen and oxygen atoms in total. The maximum absolute atomic E-state index is 11.8. The second kappa shape index (κ2) is 9.12. The van der Waals surface area contributed by atoms with Crippen molar-refractivity contribution in [1.82, 2.24) is 0 Å². The Hall–Kier alpha value is -2.70. The van der Waals surface area contributed by atoms with Crippen LogP contribution in [0.15, 0.2) is 54.2 Å². The van der Waals surface area contributed by atoms with Crippen LogP contribution in [-0.2, 0) is 19.1 Å². The van der Waals surface area contributed by atoms with Gasteiger partial charge in [0.05, 0.1) is 25.3 Å². The number of hydrogen-bond donors (Lipinski definition) is 1. The van der Waals surface area contributed by atoms with Gasteiger partial charge in [-0.1, -0.05) is 29.3 Å². The Bertz CT molecular complexity index is 851. The molecule has 0 saturated heterocycles. The number of halogens is 2. The Labute approximate surface area is 160 Å². The molecule has 136 valence electrons. The van der Waals surface area contributed by atoms with E-state index in [-0.39, 0.29) is 10.7 Å². The summed E-state index contributed by atoms with van der Waals surface area (Å²) < 4.78 is 14.8. The third kappa shape index (κ3) is 5.40. The van der Waals surface area contributed by atoms with Crippen LogP contribution in [0.1, 0.15) is 0 Å². The molecule has 0 aliphatic rings. The highest BCUT2D eigenvalue weighted by atomic mass is 35.5. The maximum atomic E-state index is 11.8. The van der Waals surface area contributed by atoms with Gasteiger partial charge < -0.3 is 19.5 Å². The number of rotatable bonds is 6. The zero-order chi connectivity index (χ0) is 19.1. The second-order valence-electron chi connectivity index (χ2n) is 4.90. The van der Waals surface area contributed by atoms with Gasteiger partial charge in [-0.3, -0.25) is 0 Å². The summed E-state index contributed by atoms with van der Waals surface area (Å²) in [6, 6.07) is 11.6. The number of carbonyl (C=O) groups excluding carboxylic acids is 2. The topological polar surface area (TPSA) is 73.9 Å². The number of nitrogens with one attached hydrogen (secondary N) is 1. The van der Waals surface area contributed by atoms with Crippen LogP contribution < -0.4 is 10.1 Å². The van der Waals surface area contributed by atoms with E-state index in [0.29, 0.717) is 22.2 Å². The second-order valence-corrected chi connectivity index (χ2v) is 5.75. The minimum absolute atomic E-state index is 0.0982. The van der Waals surface area contributed by atoms with Crippen LogP contribution in [0.2, 0.25) is 10.0 Å². The van der Waals surface area contributed by atoms with E-state index >= 15 is 0 Å². The van der Waals surface area contributed by atoms with Gasteiger partial charge in [-0.25, -0.2) is 9.59 Å². The fourth-order valence-corrected chi connectivity index (χ4v) is 2.31. The Morgan fingerprint density at radius 3 is 2.42 bits per heavy atom. The van der Waals surface area contributed by atoms with Gasteiger partial charge >= 0.3 is 11.9 Å². The molecule has 0 aliphatic carbocycles. The lowest BCUT2D eigenvalue weighted by molar-refractivity contribution is -0.138. The number of anilines is 1. The SMILES string of the molecule is COC(=O)/C=C(/Nc1ccc(Oc2cccc(Cl)c2)c(Cl)c1)C(=O)OC. The van der Waals surface area contributed by atoms with Crippen LogP contribution >= 0.6 is 23.2 Å². The average molecular weight is 396 g/mol. The summed E-state index contributed by atoms with van der Waals surface area (Å²) in [5.41, 5.74) is 0.355. The summed E-state index contributed by atoms with van der Waals surface area (Å²) in [7, 11) is 2.40. The number of carbonyl (C=O) groups is 2. The van der Waals surface area contributed by atoms with Crippen LogP contribution in [-0.4, -0.2) is 26.2 Å². The summed E-state index contributed by atoms with van der Waals surface area (Å²) in [5.74, 6) is -0.507. The van der Waals surface area contributed by atoms with Crippen LogP contribution in [0.4, 0.5) is 5.69 Å². The third-order valence-corrected chi connectivity index (χ3v) is 3.63. The van der Waals surface area contributed by atoms with Crippen molar-refractivity contribution in [3.8, 4) is 11.5 Å². The Kier molecular flexibility index (Phi) is 6.89. The monoisotopic (exact) mass is 395 g/mol. The van der Waals surface area contributed by atoms with Gasteiger partial charge in [0.25, 0.3) is 0 Å².